The lowest BCUT2D eigenvalue weighted by Crippen LogP contribution is -2.38. The van der Waals surface area contributed by atoms with Gasteiger partial charge in [0.25, 0.3) is 0 Å². The number of benzene rings is 1. The van der Waals surface area contributed by atoms with Crippen LogP contribution in [0, 0.1) is 0 Å². The normalized spacial score (nSPS) is 18.2. The monoisotopic (exact) mass is 274 g/mol. The van der Waals surface area contributed by atoms with E-state index in [2.05, 4.69) is 59.8 Å². The summed E-state index contributed by atoms with van der Waals surface area (Å²) in [7, 11) is 0. The van der Waals surface area contributed by atoms with Crippen LogP contribution in [0.5, 0.6) is 0 Å². The molecule has 0 amide bonds. The Kier molecular flexibility index (Phi) is 4.88. The number of guanidine groups is 1. The number of para-hydroxylation sites is 1. The maximum atomic E-state index is 6.01. The molecule has 1 aromatic rings. The van der Waals surface area contributed by atoms with Crippen LogP contribution in [0.25, 0.3) is 0 Å². The molecule has 1 unspecified atom stereocenters. The standard InChI is InChI=1S/C16H26N4/c1-4-19(5-2)16(17)18-10-11-20-13(3)12-14-8-6-7-9-15(14)20/h6-9,13H,4-5,10-12H2,1-3H3,(H2,17,18). The van der Waals surface area contributed by atoms with E-state index in [9.17, 15) is 0 Å². The summed E-state index contributed by atoms with van der Waals surface area (Å²) >= 11 is 0. The van der Waals surface area contributed by atoms with Gasteiger partial charge in [-0.25, -0.2) is 0 Å². The summed E-state index contributed by atoms with van der Waals surface area (Å²) in [5.41, 5.74) is 8.81. The van der Waals surface area contributed by atoms with E-state index < -0.39 is 0 Å². The summed E-state index contributed by atoms with van der Waals surface area (Å²) in [5.74, 6) is 0.662. The molecule has 4 nitrogen and oxygen atoms in total. The molecule has 0 radical (unpaired) electrons. The van der Waals surface area contributed by atoms with E-state index in [1.54, 1.807) is 0 Å². The summed E-state index contributed by atoms with van der Waals surface area (Å²) in [5, 5.41) is 0. The maximum absolute atomic E-state index is 6.01. The van der Waals surface area contributed by atoms with Crippen LogP contribution in [0.2, 0.25) is 0 Å². The molecular formula is C16H26N4. The Hall–Kier alpha value is -1.71. The van der Waals surface area contributed by atoms with Gasteiger partial charge in [0, 0.05) is 31.4 Å². The minimum absolute atomic E-state index is 0.553. The highest BCUT2D eigenvalue weighted by Gasteiger charge is 2.24. The molecule has 1 aliphatic heterocycles. The number of nitrogens with zero attached hydrogens (tertiary/aromatic N) is 3. The summed E-state index contributed by atoms with van der Waals surface area (Å²) in [6.45, 7) is 9.98. The van der Waals surface area contributed by atoms with Crippen molar-refractivity contribution in [2.24, 2.45) is 10.7 Å². The molecule has 0 fully saturated rings. The molecule has 0 aliphatic carbocycles. The Labute approximate surface area is 122 Å². The van der Waals surface area contributed by atoms with E-state index >= 15 is 0 Å². The molecule has 2 N–H and O–H groups in total. The predicted octanol–water partition coefficient (Wildman–Crippen LogP) is 2.09. The number of nitrogens with two attached hydrogens (primary N) is 1. The van der Waals surface area contributed by atoms with Crippen molar-refractivity contribution >= 4 is 11.6 Å². The summed E-state index contributed by atoms with van der Waals surface area (Å²) in [4.78, 5) is 9.04. The fraction of sp³-hybridized carbons (Fsp3) is 0.562. The van der Waals surface area contributed by atoms with Gasteiger partial charge in [-0.05, 0) is 38.8 Å². The van der Waals surface area contributed by atoms with Gasteiger partial charge in [-0.15, -0.1) is 0 Å². The van der Waals surface area contributed by atoms with Gasteiger partial charge in [0.05, 0.1) is 6.54 Å². The first-order valence-electron chi connectivity index (χ1n) is 7.56. The Morgan fingerprint density at radius 2 is 2.05 bits per heavy atom. The SMILES string of the molecule is CCN(CC)C(N)=NCCN1c2ccccc2CC1C. The van der Waals surface area contributed by atoms with Crippen LogP contribution in [-0.4, -0.2) is 43.1 Å². The molecule has 0 bridgehead atoms. The van der Waals surface area contributed by atoms with Crippen LogP contribution < -0.4 is 10.6 Å². The van der Waals surface area contributed by atoms with E-state index in [0.29, 0.717) is 12.0 Å². The fourth-order valence-electron chi connectivity index (χ4n) is 2.89. The van der Waals surface area contributed by atoms with Crippen LogP contribution in [0.1, 0.15) is 26.3 Å². The van der Waals surface area contributed by atoms with Gasteiger partial charge in [0.1, 0.15) is 0 Å². The lowest BCUT2D eigenvalue weighted by molar-refractivity contribution is 0.458. The maximum Gasteiger partial charge on any atom is 0.191 e. The first kappa shape index (κ1) is 14.7. The van der Waals surface area contributed by atoms with Crippen LogP contribution in [-0.2, 0) is 6.42 Å². The molecule has 1 heterocycles. The molecule has 0 aromatic heterocycles. The summed E-state index contributed by atoms with van der Waals surface area (Å²) in [6, 6.07) is 9.20. The van der Waals surface area contributed by atoms with Crippen molar-refractivity contribution in [3.05, 3.63) is 29.8 Å². The van der Waals surface area contributed by atoms with Crippen LogP contribution in [0.3, 0.4) is 0 Å². The van der Waals surface area contributed by atoms with Crippen molar-refractivity contribution < 1.29 is 0 Å². The molecule has 0 spiro atoms. The number of aliphatic imine (C=N–C) groups is 1. The van der Waals surface area contributed by atoms with E-state index in [1.165, 1.54) is 11.3 Å². The number of fused-ring (bicyclic) bond motifs is 1. The molecule has 20 heavy (non-hydrogen) atoms. The van der Waals surface area contributed by atoms with Gasteiger partial charge in [-0.3, -0.25) is 4.99 Å². The van der Waals surface area contributed by atoms with Crippen LogP contribution in [0.4, 0.5) is 5.69 Å². The zero-order valence-corrected chi connectivity index (χ0v) is 12.8. The number of hydrogen-bond donors (Lipinski definition) is 1. The Bertz CT molecular complexity index is 465. The fourth-order valence-corrected chi connectivity index (χ4v) is 2.89. The molecule has 0 saturated heterocycles. The zero-order valence-electron chi connectivity index (χ0n) is 12.8. The highest BCUT2D eigenvalue weighted by Crippen LogP contribution is 2.31. The van der Waals surface area contributed by atoms with Crippen LogP contribution in [0.15, 0.2) is 29.3 Å². The molecule has 2 rings (SSSR count). The first-order chi connectivity index (χ1) is 9.67. The molecule has 1 aromatic carbocycles. The molecule has 4 heteroatoms. The van der Waals surface area contributed by atoms with Crippen LogP contribution >= 0.6 is 0 Å². The Balaban J connectivity index is 1.96. The van der Waals surface area contributed by atoms with Gasteiger partial charge in [-0.1, -0.05) is 18.2 Å². The second-order valence-electron chi connectivity index (χ2n) is 5.29. The Morgan fingerprint density at radius 1 is 1.35 bits per heavy atom. The van der Waals surface area contributed by atoms with E-state index in [4.69, 9.17) is 5.73 Å². The third-order valence-electron chi connectivity index (χ3n) is 4.05. The van der Waals surface area contributed by atoms with Gasteiger partial charge in [0.2, 0.25) is 0 Å². The van der Waals surface area contributed by atoms with E-state index in [1.807, 2.05) is 0 Å². The molecule has 0 saturated carbocycles. The van der Waals surface area contributed by atoms with Crippen molar-refractivity contribution in [3.63, 3.8) is 0 Å². The van der Waals surface area contributed by atoms with Gasteiger partial charge >= 0.3 is 0 Å². The lowest BCUT2D eigenvalue weighted by atomic mass is 10.1. The topological polar surface area (TPSA) is 44.9 Å². The molecule has 1 atom stereocenters. The average molecular weight is 274 g/mol. The number of anilines is 1. The molecule has 1 aliphatic rings. The van der Waals surface area contributed by atoms with Gasteiger partial charge in [0.15, 0.2) is 5.96 Å². The third-order valence-corrected chi connectivity index (χ3v) is 4.05. The van der Waals surface area contributed by atoms with Crippen molar-refractivity contribution in [3.8, 4) is 0 Å². The average Bonchev–Trinajstić information content (AvgIpc) is 2.76. The molecule has 110 valence electrons. The second kappa shape index (κ2) is 6.64. The minimum atomic E-state index is 0.553. The first-order valence-corrected chi connectivity index (χ1v) is 7.56. The lowest BCUT2D eigenvalue weighted by Gasteiger charge is -2.25. The largest absolute Gasteiger partial charge is 0.370 e. The van der Waals surface area contributed by atoms with Gasteiger partial charge < -0.3 is 15.5 Å². The second-order valence-corrected chi connectivity index (χ2v) is 5.29. The van der Waals surface area contributed by atoms with Crippen molar-refractivity contribution in [2.45, 2.75) is 33.2 Å². The van der Waals surface area contributed by atoms with Crippen molar-refractivity contribution in [2.75, 3.05) is 31.1 Å². The van der Waals surface area contributed by atoms with E-state index in [0.717, 1.165) is 32.6 Å². The number of rotatable bonds is 5. The number of hydrogen-bond acceptors (Lipinski definition) is 2. The van der Waals surface area contributed by atoms with Gasteiger partial charge in [-0.2, -0.15) is 0 Å². The highest BCUT2D eigenvalue weighted by atomic mass is 15.3. The third kappa shape index (κ3) is 3.06. The summed E-state index contributed by atoms with van der Waals surface area (Å²) in [6.07, 6.45) is 1.13. The van der Waals surface area contributed by atoms with E-state index in [-0.39, 0.29) is 0 Å². The minimum Gasteiger partial charge on any atom is -0.370 e. The highest BCUT2D eigenvalue weighted by molar-refractivity contribution is 5.78. The Morgan fingerprint density at radius 3 is 2.75 bits per heavy atom. The predicted molar refractivity (Wildman–Crippen MR) is 86.4 cm³/mol. The van der Waals surface area contributed by atoms with Crippen molar-refractivity contribution in [1.82, 2.24) is 4.90 Å². The quantitative estimate of drug-likeness (QED) is 0.660. The zero-order chi connectivity index (χ0) is 14.5. The smallest absolute Gasteiger partial charge is 0.191 e. The van der Waals surface area contributed by atoms with Crippen molar-refractivity contribution in [1.29, 1.82) is 0 Å². The molecular weight excluding hydrogens is 248 g/mol. The summed E-state index contributed by atoms with van der Waals surface area (Å²) < 4.78 is 0.